The minimum absolute atomic E-state index is 0.122. The third-order valence-corrected chi connectivity index (χ3v) is 3.04. The normalized spacial score (nSPS) is 14.8. The van der Waals surface area contributed by atoms with Crippen LogP contribution in [-0.2, 0) is 0 Å². The predicted molar refractivity (Wildman–Crippen MR) is 63.0 cm³/mol. The molecule has 0 atom stereocenters. The number of H-pyrrole nitrogens is 1. The topological polar surface area (TPSA) is 66.0 Å². The van der Waals surface area contributed by atoms with Crippen molar-refractivity contribution in [2.24, 2.45) is 0 Å². The second-order valence-corrected chi connectivity index (χ2v) is 4.37. The number of carboxylic acids is 1. The fraction of sp³-hybridized carbons (Fsp3) is 0.231. The van der Waals surface area contributed by atoms with Crippen LogP contribution in [0.15, 0.2) is 30.3 Å². The Morgan fingerprint density at radius 1 is 1.35 bits per heavy atom. The van der Waals surface area contributed by atoms with E-state index in [9.17, 15) is 4.79 Å². The van der Waals surface area contributed by atoms with Gasteiger partial charge in [0.2, 0.25) is 0 Å². The van der Waals surface area contributed by atoms with Crippen LogP contribution in [0.2, 0.25) is 0 Å². The van der Waals surface area contributed by atoms with Gasteiger partial charge in [0.1, 0.15) is 5.69 Å². The number of aromatic nitrogens is 2. The number of nitrogens with one attached hydrogen (secondary N) is 1. The number of aromatic amines is 1. The summed E-state index contributed by atoms with van der Waals surface area (Å²) in [4.78, 5) is 10.8. The number of rotatable bonds is 3. The molecule has 0 spiro atoms. The van der Waals surface area contributed by atoms with Gasteiger partial charge in [0, 0.05) is 5.56 Å². The quantitative estimate of drug-likeness (QED) is 0.848. The highest BCUT2D eigenvalue weighted by molar-refractivity contribution is 5.86. The highest BCUT2D eigenvalue weighted by atomic mass is 16.4. The van der Waals surface area contributed by atoms with Crippen LogP contribution < -0.4 is 0 Å². The summed E-state index contributed by atoms with van der Waals surface area (Å²) in [6.45, 7) is 0. The van der Waals surface area contributed by atoms with E-state index in [1.54, 1.807) is 6.07 Å². The predicted octanol–water partition coefficient (Wildman–Crippen LogP) is 2.65. The fourth-order valence-electron chi connectivity index (χ4n) is 1.95. The molecule has 1 saturated carbocycles. The third kappa shape index (κ3) is 1.93. The van der Waals surface area contributed by atoms with Crippen LogP contribution in [0.3, 0.4) is 0 Å². The number of carbonyl (C=O) groups is 1. The molecule has 4 heteroatoms. The first kappa shape index (κ1) is 10.1. The van der Waals surface area contributed by atoms with E-state index in [4.69, 9.17) is 5.11 Å². The summed E-state index contributed by atoms with van der Waals surface area (Å²) in [6, 6.07) is 9.73. The molecule has 2 N–H and O–H groups in total. The van der Waals surface area contributed by atoms with Gasteiger partial charge in [0.15, 0.2) is 0 Å². The molecular formula is C13H12N2O2. The lowest BCUT2D eigenvalue weighted by atomic mass is 10.1. The lowest BCUT2D eigenvalue weighted by Gasteiger charge is -2.00. The second-order valence-electron chi connectivity index (χ2n) is 4.37. The second kappa shape index (κ2) is 3.73. The zero-order valence-corrected chi connectivity index (χ0v) is 9.18. The van der Waals surface area contributed by atoms with E-state index in [0.29, 0.717) is 11.6 Å². The first-order valence-electron chi connectivity index (χ1n) is 5.63. The van der Waals surface area contributed by atoms with Crippen LogP contribution >= 0.6 is 0 Å². The molecule has 2 aromatic rings. The Morgan fingerprint density at radius 3 is 2.82 bits per heavy atom. The van der Waals surface area contributed by atoms with Gasteiger partial charge in [-0.05, 0) is 36.5 Å². The van der Waals surface area contributed by atoms with Crippen LogP contribution in [0.4, 0.5) is 0 Å². The van der Waals surface area contributed by atoms with Gasteiger partial charge in [-0.1, -0.05) is 18.2 Å². The molecule has 1 aromatic heterocycles. The van der Waals surface area contributed by atoms with Gasteiger partial charge in [-0.15, -0.1) is 0 Å². The summed E-state index contributed by atoms with van der Waals surface area (Å²) in [6.07, 6.45) is 2.51. The Bertz CT molecular complexity index is 570. The molecule has 0 saturated heterocycles. The Labute approximate surface area is 98.3 Å². The highest BCUT2D eigenvalue weighted by Crippen LogP contribution is 2.40. The van der Waals surface area contributed by atoms with Crippen molar-refractivity contribution >= 4 is 5.97 Å². The van der Waals surface area contributed by atoms with Gasteiger partial charge in [0.05, 0.1) is 5.69 Å². The highest BCUT2D eigenvalue weighted by Gasteiger charge is 2.23. The average Bonchev–Trinajstić information content (AvgIpc) is 3.06. The maximum absolute atomic E-state index is 10.8. The number of nitrogens with zero attached hydrogens (tertiary/aromatic N) is 1. The van der Waals surface area contributed by atoms with E-state index in [1.165, 1.54) is 18.4 Å². The van der Waals surface area contributed by atoms with E-state index in [0.717, 1.165) is 5.56 Å². The zero-order valence-electron chi connectivity index (χ0n) is 9.18. The summed E-state index contributed by atoms with van der Waals surface area (Å²) >= 11 is 0. The van der Waals surface area contributed by atoms with Crippen LogP contribution in [0, 0.1) is 0 Å². The molecule has 0 amide bonds. The molecule has 3 rings (SSSR count). The summed E-state index contributed by atoms with van der Waals surface area (Å²) < 4.78 is 0. The molecule has 0 aliphatic heterocycles. The van der Waals surface area contributed by atoms with Gasteiger partial charge >= 0.3 is 5.97 Å². The molecule has 17 heavy (non-hydrogen) atoms. The van der Waals surface area contributed by atoms with Gasteiger partial charge in [0.25, 0.3) is 0 Å². The Balaban J connectivity index is 1.96. The molecule has 1 heterocycles. The van der Waals surface area contributed by atoms with E-state index in [1.807, 2.05) is 12.1 Å². The first-order chi connectivity index (χ1) is 8.24. The molecule has 0 bridgehead atoms. The Morgan fingerprint density at radius 2 is 2.18 bits per heavy atom. The molecule has 1 aliphatic carbocycles. The molecule has 1 aliphatic rings. The van der Waals surface area contributed by atoms with Crippen molar-refractivity contribution in [1.82, 2.24) is 10.2 Å². The molecule has 1 fully saturated rings. The van der Waals surface area contributed by atoms with Crippen molar-refractivity contribution < 1.29 is 9.90 Å². The SMILES string of the molecule is O=C(O)c1cc(-c2cccc(C3CC3)c2)n[nH]1. The maximum atomic E-state index is 10.8. The number of benzene rings is 1. The van der Waals surface area contributed by atoms with Crippen molar-refractivity contribution in [3.8, 4) is 11.3 Å². The maximum Gasteiger partial charge on any atom is 0.353 e. The molecule has 0 unspecified atom stereocenters. The standard InChI is InChI=1S/C13H12N2O2/c16-13(17)12-7-11(14-15-12)10-3-1-2-9(6-10)8-4-5-8/h1-3,6-8H,4-5H2,(H,14,15)(H,16,17). The first-order valence-corrected chi connectivity index (χ1v) is 5.63. The van der Waals surface area contributed by atoms with Crippen LogP contribution in [0.25, 0.3) is 11.3 Å². The van der Waals surface area contributed by atoms with E-state index in [2.05, 4.69) is 22.3 Å². The minimum atomic E-state index is -0.984. The minimum Gasteiger partial charge on any atom is -0.477 e. The van der Waals surface area contributed by atoms with E-state index in [-0.39, 0.29) is 5.69 Å². The third-order valence-electron chi connectivity index (χ3n) is 3.04. The van der Waals surface area contributed by atoms with E-state index < -0.39 is 5.97 Å². The number of carboxylic acid groups (broad SMARTS) is 1. The molecule has 4 nitrogen and oxygen atoms in total. The molecular weight excluding hydrogens is 216 g/mol. The largest absolute Gasteiger partial charge is 0.477 e. The zero-order chi connectivity index (χ0) is 11.8. The lowest BCUT2D eigenvalue weighted by molar-refractivity contribution is 0.0690. The van der Waals surface area contributed by atoms with E-state index >= 15 is 0 Å². The van der Waals surface area contributed by atoms with Crippen molar-refractivity contribution in [2.75, 3.05) is 0 Å². The van der Waals surface area contributed by atoms with Gasteiger partial charge in [-0.3, -0.25) is 5.10 Å². The van der Waals surface area contributed by atoms with Crippen LogP contribution in [0.1, 0.15) is 34.8 Å². The Kier molecular flexibility index (Phi) is 2.21. The van der Waals surface area contributed by atoms with Crippen molar-refractivity contribution in [3.05, 3.63) is 41.6 Å². The summed E-state index contributed by atoms with van der Waals surface area (Å²) in [7, 11) is 0. The van der Waals surface area contributed by atoms with Crippen molar-refractivity contribution in [1.29, 1.82) is 0 Å². The summed E-state index contributed by atoms with van der Waals surface area (Å²) in [5.74, 6) is -0.296. The monoisotopic (exact) mass is 228 g/mol. The molecule has 86 valence electrons. The number of hydrogen-bond acceptors (Lipinski definition) is 2. The average molecular weight is 228 g/mol. The van der Waals surface area contributed by atoms with Gasteiger partial charge < -0.3 is 5.11 Å². The Hall–Kier alpha value is -2.10. The molecule has 0 radical (unpaired) electrons. The number of aromatic carboxylic acids is 1. The van der Waals surface area contributed by atoms with Crippen molar-refractivity contribution in [2.45, 2.75) is 18.8 Å². The van der Waals surface area contributed by atoms with Crippen LogP contribution in [-0.4, -0.2) is 21.3 Å². The molecule has 1 aromatic carbocycles. The fourth-order valence-corrected chi connectivity index (χ4v) is 1.95. The van der Waals surface area contributed by atoms with Crippen molar-refractivity contribution in [3.63, 3.8) is 0 Å². The number of hydrogen-bond donors (Lipinski definition) is 2. The van der Waals surface area contributed by atoms with Crippen LogP contribution in [0.5, 0.6) is 0 Å². The summed E-state index contributed by atoms with van der Waals surface area (Å²) in [5.41, 5.74) is 3.10. The lowest BCUT2D eigenvalue weighted by Crippen LogP contribution is -1.95. The van der Waals surface area contributed by atoms with Gasteiger partial charge in [-0.2, -0.15) is 5.10 Å². The van der Waals surface area contributed by atoms with Gasteiger partial charge in [-0.25, -0.2) is 4.79 Å². The smallest absolute Gasteiger partial charge is 0.353 e. The summed E-state index contributed by atoms with van der Waals surface area (Å²) in [5, 5.41) is 15.4.